The number of carbonyl (C=O) groups is 1. The molecule has 1 amide bonds. The average molecular weight is 272 g/mol. The Kier molecular flexibility index (Phi) is 5.94. The topological polar surface area (TPSA) is 72.2 Å². The maximum atomic E-state index is 13.2. The minimum absolute atomic E-state index is 0.0385. The molecule has 6 heteroatoms. The minimum Gasteiger partial charge on any atom is -0.356 e. The zero-order valence-electron chi connectivity index (χ0n) is 10.2. The van der Waals surface area contributed by atoms with E-state index in [1.807, 2.05) is 0 Å². The SMILES string of the molecule is CCNC(=O)CS(=O)Cc1ccc(F)c(CN)c1. The molecule has 1 aromatic carbocycles. The second-order valence-electron chi connectivity index (χ2n) is 3.81. The van der Waals surface area contributed by atoms with Crippen LogP contribution in [0.15, 0.2) is 18.2 Å². The van der Waals surface area contributed by atoms with Crippen LogP contribution in [0.1, 0.15) is 18.1 Å². The van der Waals surface area contributed by atoms with E-state index in [4.69, 9.17) is 5.73 Å². The number of nitrogens with two attached hydrogens (primary N) is 1. The smallest absolute Gasteiger partial charge is 0.232 e. The Morgan fingerprint density at radius 1 is 1.50 bits per heavy atom. The van der Waals surface area contributed by atoms with E-state index in [0.29, 0.717) is 12.1 Å². The van der Waals surface area contributed by atoms with Crippen molar-refractivity contribution in [1.29, 1.82) is 0 Å². The van der Waals surface area contributed by atoms with Crippen molar-refractivity contribution in [2.45, 2.75) is 19.2 Å². The molecular formula is C12H17FN2O2S. The lowest BCUT2D eigenvalue weighted by molar-refractivity contribution is -0.118. The zero-order chi connectivity index (χ0) is 13.5. The van der Waals surface area contributed by atoms with Gasteiger partial charge in [0.05, 0.1) is 0 Å². The van der Waals surface area contributed by atoms with Crippen LogP contribution >= 0.6 is 0 Å². The third kappa shape index (κ3) is 4.54. The Hall–Kier alpha value is -1.27. The Bertz CT molecular complexity index is 452. The van der Waals surface area contributed by atoms with E-state index in [1.54, 1.807) is 19.1 Å². The number of nitrogens with one attached hydrogen (secondary N) is 1. The summed E-state index contributed by atoms with van der Waals surface area (Å²) in [5, 5.41) is 2.58. The van der Waals surface area contributed by atoms with Gasteiger partial charge in [0.15, 0.2) is 0 Å². The lowest BCUT2D eigenvalue weighted by Gasteiger charge is -2.06. The molecule has 1 unspecified atom stereocenters. The van der Waals surface area contributed by atoms with Crippen LogP contribution in [0.2, 0.25) is 0 Å². The van der Waals surface area contributed by atoms with Crippen LogP contribution in [0.4, 0.5) is 4.39 Å². The van der Waals surface area contributed by atoms with Gasteiger partial charge < -0.3 is 11.1 Å². The van der Waals surface area contributed by atoms with E-state index in [-0.39, 0.29) is 29.8 Å². The van der Waals surface area contributed by atoms with Crippen molar-refractivity contribution >= 4 is 16.7 Å². The van der Waals surface area contributed by atoms with Gasteiger partial charge in [-0.25, -0.2) is 4.39 Å². The number of benzene rings is 1. The van der Waals surface area contributed by atoms with Crippen molar-refractivity contribution in [3.05, 3.63) is 35.1 Å². The molecule has 0 aliphatic rings. The van der Waals surface area contributed by atoms with Gasteiger partial charge in [-0.05, 0) is 18.6 Å². The fourth-order valence-corrected chi connectivity index (χ4v) is 2.55. The highest BCUT2D eigenvalue weighted by Crippen LogP contribution is 2.11. The molecule has 4 nitrogen and oxygen atoms in total. The van der Waals surface area contributed by atoms with Gasteiger partial charge >= 0.3 is 0 Å². The summed E-state index contributed by atoms with van der Waals surface area (Å²) in [5.41, 5.74) is 6.50. The van der Waals surface area contributed by atoms with Crippen LogP contribution in [-0.4, -0.2) is 22.4 Å². The Morgan fingerprint density at radius 3 is 2.83 bits per heavy atom. The van der Waals surface area contributed by atoms with E-state index in [2.05, 4.69) is 5.32 Å². The van der Waals surface area contributed by atoms with Gasteiger partial charge in [-0.1, -0.05) is 12.1 Å². The maximum Gasteiger partial charge on any atom is 0.232 e. The number of hydrogen-bond donors (Lipinski definition) is 2. The van der Waals surface area contributed by atoms with E-state index in [1.165, 1.54) is 6.07 Å². The molecule has 3 N–H and O–H groups in total. The first kappa shape index (κ1) is 14.8. The summed E-state index contributed by atoms with van der Waals surface area (Å²) >= 11 is 0. The third-order valence-electron chi connectivity index (χ3n) is 2.32. The van der Waals surface area contributed by atoms with Crippen LogP contribution in [0.25, 0.3) is 0 Å². The third-order valence-corrected chi connectivity index (χ3v) is 3.56. The molecule has 1 aromatic rings. The van der Waals surface area contributed by atoms with Gasteiger partial charge in [-0.3, -0.25) is 9.00 Å². The standard InChI is InChI=1S/C12H17FN2O2S/c1-2-15-12(16)8-18(17)7-9-3-4-11(13)10(5-9)6-14/h3-5H,2,6-8,14H2,1H3,(H,15,16). The van der Waals surface area contributed by atoms with Crippen LogP contribution in [0.5, 0.6) is 0 Å². The molecule has 1 atom stereocenters. The largest absolute Gasteiger partial charge is 0.356 e. The molecular weight excluding hydrogens is 255 g/mol. The lowest BCUT2D eigenvalue weighted by atomic mass is 10.1. The highest BCUT2D eigenvalue weighted by molar-refractivity contribution is 7.84. The Morgan fingerprint density at radius 2 is 2.22 bits per heavy atom. The van der Waals surface area contributed by atoms with Gasteiger partial charge in [-0.15, -0.1) is 0 Å². The fourth-order valence-electron chi connectivity index (χ4n) is 1.51. The monoisotopic (exact) mass is 272 g/mol. The second-order valence-corrected chi connectivity index (χ2v) is 5.27. The average Bonchev–Trinajstić information content (AvgIpc) is 2.31. The molecule has 1 rings (SSSR count). The normalized spacial score (nSPS) is 12.2. The number of halogens is 1. The molecule has 100 valence electrons. The van der Waals surface area contributed by atoms with Crippen molar-refractivity contribution in [2.75, 3.05) is 12.3 Å². The van der Waals surface area contributed by atoms with Gasteiger partial charge in [0.1, 0.15) is 11.6 Å². The summed E-state index contributed by atoms with van der Waals surface area (Å²) in [4.78, 5) is 11.2. The fraction of sp³-hybridized carbons (Fsp3) is 0.417. The molecule has 0 aliphatic carbocycles. The molecule has 18 heavy (non-hydrogen) atoms. The first-order valence-corrected chi connectivity index (χ1v) is 7.14. The summed E-state index contributed by atoms with van der Waals surface area (Å²) in [5.74, 6) is -0.416. The van der Waals surface area contributed by atoms with Crippen molar-refractivity contribution < 1.29 is 13.4 Å². The molecule has 0 bridgehead atoms. The predicted molar refractivity (Wildman–Crippen MR) is 69.7 cm³/mol. The summed E-state index contributed by atoms with van der Waals surface area (Å²) < 4.78 is 24.9. The molecule has 0 aliphatic heterocycles. The summed E-state index contributed by atoms with van der Waals surface area (Å²) in [6.07, 6.45) is 0. The summed E-state index contributed by atoms with van der Waals surface area (Å²) in [6.45, 7) is 2.42. The predicted octanol–water partition coefficient (Wildman–Crippen LogP) is 0.669. The molecule has 0 radical (unpaired) electrons. The van der Waals surface area contributed by atoms with Gasteiger partial charge in [0.25, 0.3) is 0 Å². The first-order chi connectivity index (χ1) is 8.56. The zero-order valence-corrected chi connectivity index (χ0v) is 11.1. The van der Waals surface area contributed by atoms with Crippen molar-refractivity contribution in [1.82, 2.24) is 5.32 Å². The van der Waals surface area contributed by atoms with Gasteiger partial charge in [0.2, 0.25) is 5.91 Å². The Labute approximate surface area is 108 Å². The number of amides is 1. The van der Waals surface area contributed by atoms with Crippen LogP contribution < -0.4 is 11.1 Å². The molecule has 0 spiro atoms. The number of carbonyl (C=O) groups excluding carboxylic acids is 1. The lowest BCUT2D eigenvalue weighted by Crippen LogP contribution is -2.28. The van der Waals surface area contributed by atoms with Crippen molar-refractivity contribution in [2.24, 2.45) is 5.73 Å². The van der Waals surface area contributed by atoms with E-state index >= 15 is 0 Å². The van der Waals surface area contributed by atoms with Crippen molar-refractivity contribution in [3.63, 3.8) is 0 Å². The molecule has 0 saturated heterocycles. The van der Waals surface area contributed by atoms with Gasteiger partial charge in [-0.2, -0.15) is 0 Å². The molecule has 0 fully saturated rings. The van der Waals surface area contributed by atoms with E-state index in [9.17, 15) is 13.4 Å². The highest BCUT2D eigenvalue weighted by atomic mass is 32.2. The molecule has 0 aromatic heterocycles. The minimum atomic E-state index is -1.29. The van der Waals surface area contributed by atoms with E-state index in [0.717, 1.165) is 5.56 Å². The van der Waals surface area contributed by atoms with Gasteiger partial charge in [0, 0.05) is 35.2 Å². The summed E-state index contributed by atoms with van der Waals surface area (Å²) in [6, 6.07) is 4.45. The van der Waals surface area contributed by atoms with Crippen LogP contribution in [-0.2, 0) is 27.9 Å². The second kappa shape index (κ2) is 7.23. The quantitative estimate of drug-likeness (QED) is 0.799. The van der Waals surface area contributed by atoms with Crippen LogP contribution in [0.3, 0.4) is 0 Å². The summed E-state index contributed by atoms with van der Waals surface area (Å²) in [7, 11) is -1.29. The molecule has 0 saturated carbocycles. The maximum absolute atomic E-state index is 13.2. The molecule has 0 heterocycles. The van der Waals surface area contributed by atoms with Crippen LogP contribution in [0, 0.1) is 5.82 Å². The van der Waals surface area contributed by atoms with E-state index < -0.39 is 10.8 Å². The van der Waals surface area contributed by atoms with Crippen molar-refractivity contribution in [3.8, 4) is 0 Å². The Balaban J connectivity index is 2.62. The number of rotatable bonds is 6. The highest BCUT2D eigenvalue weighted by Gasteiger charge is 2.09. The number of hydrogen-bond acceptors (Lipinski definition) is 3. The first-order valence-electron chi connectivity index (χ1n) is 5.65.